The van der Waals surface area contributed by atoms with E-state index in [0.717, 1.165) is 69.8 Å². The number of aliphatic carboxylic acids is 1. The van der Waals surface area contributed by atoms with Gasteiger partial charge in [0.15, 0.2) is 0 Å². The zero-order valence-electron chi connectivity index (χ0n) is 35.1. The van der Waals surface area contributed by atoms with Crippen molar-refractivity contribution in [3.8, 4) is 0 Å². The molecular formula is C48H82O4. The van der Waals surface area contributed by atoms with Crippen LogP contribution >= 0.6 is 0 Å². The summed E-state index contributed by atoms with van der Waals surface area (Å²) >= 11 is 0. The van der Waals surface area contributed by atoms with E-state index in [9.17, 15) is 19.8 Å². The van der Waals surface area contributed by atoms with Gasteiger partial charge in [-0.15, -0.1) is 0 Å². The fraction of sp³-hybridized carbons (Fsp3) is 0.917. The van der Waals surface area contributed by atoms with Crippen LogP contribution in [0.25, 0.3) is 0 Å². The van der Waals surface area contributed by atoms with Crippen molar-refractivity contribution in [2.45, 2.75) is 215 Å². The number of fused-ring (bicyclic) bond motifs is 7. The molecule has 4 heteroatoms. The van der Waals surface area contributed by atoms with E-state index in [1.54, 1.807) is 0 Å². The third-order valence-electron chi connectivity index (χ3n) is 17.9. The number of rotatable bonds is 19. The predicted molar refractivity (Wildman–Crippen MR) is 216 cm³/mol. The molecule has 0 spiro atoms. The van der Waals surface area contributed by atoms with Crippen LogP contribution in [0.1, 0.15) is 209 Å². The zero-order valence-corrected chi connectivity index (χ0v) is 35.1. The summed E-state index contributed by atoms with van der Waals surface area (Å²) < 4.78 is 0. The van der Waals surface area contributed by atoms with Gasteiger partial charge >= 0.3 is 5.97 Å². The van der Waals surface area contributed by atoms with Crippen LogP contribution in [0.15, 0.2) is 12.2 Å². The summed E-state index contributed by atoms with van der Waals surface area (Å²) in [5.41, 5.74) is 0.167. The summed E-state index contributed by atoms with van der Waals surface area (Å²) in [6.45, 7) is 21.1. The first kappa shape index (κ1) is 42.0. The molecule has 0 aliphatic heterocycles. The van der Waals surface area contributed by atoms with E-state index in [0.29, 0.717) is 30.6 Å². The third-order valence-corrected chi connectivity index (χ3v) is 17.9. The van der Waals surface area contributed by atoms with Gasteiger partial charge in [-0.25, -0.2) is 0 Å². The number of allylic oxidation sites excluding steroid dienone is 1. The minimum atomic E-state index is -0.957. The topological polar surface area (TPSA) is 74.6 Å². The van der Waals surface area contributed by atoms with Gasteiger partial charge in [-0.1, -0.05) is 144 Å². The molecule has 0 bridgehead atoms. The molecule has 1 unspecified atom stereocenters. The van der Waals surface area contributed by atoms with E-state index in [2.05, 4.69) is 55.0 Å². The first-order valence-corrected chi connectivity index (χ1v) is 22.7. The maximum Gasteiger partial charge on any atom is 0.310 e. The fourth-order valence-electron chi connectivity index (χ4n) is 14.9. The van der Waals surface area contributed by atoms with Crippen LogP contribution in [0.5, 0.6) is 0 Å². The molecule has 11 atom stereocenters. The number of aliphatic hydroxyl groups is 1. The lowest BCUT2D eigenvalue weighted by molar-refractivity contribution is -0.255. The highest BCUT2D eigenvalue weighted by atomic mass is 16.4. The summed E-state index contributed by atoms with van der Waals surface area (Å²) in [4.78, 5) is 28.4. The Labute approximate surface area is 320 Å². The molecule has 298 valence electrons. The largest absolute Gasteiger partial charge is 0.481 e. The number of carboxylic acid groups (broad SMARTS) is 1. The Morgan fingerprint density at radius 3 is 1.77 bits per heavy atom. The average Bonchev–Trinajstić information content (AvgIpc) is 3.50. The molecule has 2 N–H and O–H groups in total. The fourth-order valence-corrected chi connectivity index (χ4v) is 14.9. The highest BCUT2D eigenvalue weighted by molar-refractivity contribution is 5.89. The molecule has 0 heterocycles. The van der Waals surface area contributed by atoms with Gasteiger partial charge in [0.25, 0.3) is 0 Å². The monoisotopic (exact) mass is 723 g/mol. The molecule has 0 aromatic heterocycles. The second-order valence-corrected chi connectivity index (χ2v) is 20.8. The van der Waals surface area contributed by atoms with Crippen LogP contribution in [0.3, 0.4) is 0 Å². The molecule has 0 aromatic rings. The van der Waals surface area contributed by atoms with Gasteiger partial charge < -0.3 is 10.2 Å². The molecule has 4 nitrogen and oxygen atoms in total. The van der Waals surface area contributed by atoms with Crippen LogP contribution in [-0.4, -0.2) is 28.1 Å². The van der Waals surface area contributed by atoms with E-state index in [-0.39, 0.29) is 45.4 Å². The van der Waals surface area contributed by atoms with Gasteiger partial charge in [-0.05, 0) is 122 Å². The zero-order chi connectivity index (χ0) is 38.0. The molecule has 0 aromatic carbocycles. The Kier molecular flexibility index (Phi) is 13.7. The number of ketones is 1. The Balaban J connectivity index is 1.25. The van der Waals surface area contributed by atoms with E-state index < -0.39 is 17.3 Å². The highest BCUT2D eigenvalue weighted by Gasteiger charge is 2.74. The highest BCUT2D eigenvalue weighted by Crippen LogP contribution is 2.78. The lowest BCUT2D eigenvalue weighted by Gasteiger charge is -2.73. The van der Waals surface area contributed by atoms with E-state index in [1.807, 2.05) is 0 Å². The Morgan fingerprint density at radius 1 is 0.673 bits per heavy atom. The van der Waals surface area contributed by atoms with E-state index in [1.165, 1.54) is 83.5 Å². The van der Waals surface area contributed by atoms with Gasteiger partial charge in [-0.2, -0.15) is 0 Å². The van der Waals surface area contributed by atoms with Gasteiger partial charge in [0, 0.05) is 12.3 Å². The summed E-state index contributed by atoms with van der Waals surface area (Å²) in [7, 11) is 0. The maximum absolute atomic E-state index is 14.6. The van der Waals surface area contributed by atoms with Crippen molar-refractivity contribution >= 4 is 11.8 Å². The molecule has 5 fully saturated rings. The quantitative estimate of drug-likeness (QED) is 0.103. The lowest BCUT2D eigenvalue weighted by atomic mass is 9.31. The summed E-state index contributed by atoms with van der Waals surface area (Å²) in [5, 5.41) is 22.4. The molecule has 5 aliphatic carbocycles. The number of unbranched alkanes of at least 4 members (excludes halogenated alkanes) is 14. The number of carbonyl (C=O) groups excluding carboxylic acids is 1. The number of hydrogen-bond acceptors (Lipinski definition) is 3. The average molecular weight is 723 g/mol. The number of carboxylic acids is 1. The van der Waals surface area contributed by atoms with Gasteiger partial charge in [0.1, 0.15) is 5.78 Å². The van der Waals surface area contributed by atoms with Crippen molar-refractivity contribution < 1.29 is 19.8 Å². The molecular weight excluding hydrogens is 641 g/mol. The number of carbonyl (C=O) groups is 2. The second-order valence-electron chi connectivity index (χ2n) is 20.8. The minimum Gasteiger partial charge on any atom is -0.481 e. The molecule has 52 heavy (non-hydrogen) atoms. The number of hydrogen-bond donors (Lipinski definition) is 2. The molecule has 5 aliphatic rings. The Hall–Kier alpha value is -1.16. The van der Waals surface area contributed by atoms with Crippen LogP contribution in [0.2, 0.25) is 0 Å². The van der Waals surface area contributed by atoms with E-state index >= 15 is 0 Å². The standard InChI is InChI=1S/C48H82O4/c1-9-10-11-12-13-14-15-16-17-18-19-20-21-22-23-24-38(49)37-33-47(8)36(42-35(34(2)3)27-32-48(37,42)43(51)52)25-26-40-45(6)30-29-41(50)44(4,5)39(45)28-31-46(40,47)7/h35-37,39-42,50H,2,9-33H2,1,3-8H3,(H,51,52)/t35-,36+,37?,39-,40+,41-,42+,45-,46+,47+,48-/m0/s1. The molecule has 0 saturated heterocycles. The SMILES string of the molecule is C=C(C)[C@@H]1CC[C@]2(C(=O)O)C(C(=O)CCCCCCCCCCCCCCCCC)C[C@]3(C)[C@H](CC[C@@H]4[C@@]5(C)CC[C@H](O)C(C)(C)[C@@H]5CC[C@]43C)[C@@H]12. The summed E-state index contributed by atoms with van der Waals surface area (Å²) in [5.74, 6) is 0.618. The Bertz CT molecular complexity index is 1240. The second kappa shape index (κ2) is 16.9. The predicted octanol–water partition coefficient (Wildman–Crippen LogP) is 13.1. The molecule has 5 saturated carbocycles. The van der Waals surface area contributed by atoms with Gasteiger partial charge in [0.2, 0.25) is 0 Å². The van der Waals surface area contributed by atoms with Gasteiger partial charge in [0.05, 0.1) is 11.5 Å². The summed E-state index contributed by atoms with van der Waals surface area (Å²) in [6.07, 6.45) is 28.4. The normalized spacial score (nSPS) is 40.7. The van der Waals surface area contributed by atoms with Crippen LogP contribution < -0.4 is 0 Å². The van der Waals surface area contributed by atoms with Crippen LogP contribution in [0.4, 0.5) is 0 Å². The molecule has 0 radical (unpaired) electrons. The first-order chi connectivity index (χ1) is 24.6. The Morgan fingerprint density at radius 2 is 1.23 bits per heavy atom. The van der Waals surface area contributed by atoms with Crippen LogP contribution in [0, 0.1) is 62.6 Å². The summed E-state index contributed by atoms with van der Waals surface area (Å²) in [6, 6.07) is 0. The van der Waals surface area contributed by atoms with Crippen molar-refractivity contribution in [3.63, 3.8) is 0 Å². The lowest BCUT2D eigenvalue weighted by Crippen LogP contribution is -2.69. The van der Waals surface area contributed by atoms with Crippen molar-refractivity contribution in [1.82, 2.24) is 0 Å². The molecule has 5 rings (SSSR count). The van der Waals surface area contributed by atoms with Gasteiger partial charge in [-0.3, -0.25) is 9.59 Å². The maximum atomic E-state index is 14.6. The smallest absolute Gasteiger partial charge is 0.310 e. The number of Topliss-reactive ketones (excluding diaryl/α,β-unsaturated/α-hetero) is 1. The van der Waals surface area contributed by atoms with Crippen molar-refractivity contribution in [2.24, 2.45) is 62.6 Å². The van der Waals surface area contributed by atoms with Crippen molar-refractivity contribution in [2.75, 3.05) is 0 Å². The first-order valence-electron chi connectivity index (χ1n) is 22.7. The third kappa shape index (κ3) is 7.41. The van der Waals surface area contributed by atoms with Crippen molar-refractivity contribution in [1.29, 1.82) is 0 Å². The number of aliphatic hydroxyl groups excluding tert-OH is 1. The minimum absolute atomic E-state index is 0.0100. The van der Waals surface area contributed by atoms with Crippen LogP contribution in [-0.2, 0) is 9.59 Å². The molecule has 0 amide bonds. The van der Waals surface area contributed by atoms with Crippen molar-refractivity contribution in [3.05, 3.63) is 12.2 Å². The van der Waals surface area contributed by atoms with E-state index in [4.69, 9.17) is 0 Å².